The number of rotatable bonds is 6. The van der Waals surface area contributed by atoms with E-state index in [-0.39, 0.29) is 17.3 Å². The van der Waals surface area contributed by atoms with Gasteiger partial charge in [-0.05, 0) is 36.3 Å². The van der Waals surface area contributed by atoms with E-state index in [1.165, 1.54) is 14.0 Å². The monoisotopic (exact) mass is 309 g/mol. The van der Waals surface area contributed by atoms with Crippen molar-refractivity contribution in [2.24, 2.45) is 0 Å². The van der Waals surface area contributed by atoms with Crippen LogP contribution in [-0.4, -0.2) is 18.7 Å². The molecule has 1 amide bonds. The predicted octanol–water partition coefficient (Wildman–Crippen LogP) is 2.98. The number of ether oxygens (including phenoxy) is 1. The van der Waals surface area contributed by atoms with Gasteiger partial charge in [0.2, 0.25) is 0 Å². The van der Waals surface area contributed by atoms with Gasteiger partial charge in [0.15, 0.2) is 5.78 Å². The van der Waals surface area contributed by atoms with Gasteiger partial charge in [-0.25, -0.2) is 0 Å². The average molecular weight is 309 g/mol. The summed E-state index contributed by atoms with van der Waals surface area (Å²) in [6.45, 7) is 1.87. The lowest BCUT2D eigenvalue weighted by molar-refractivity contribution is -0.121. The first kappa shape index (κ1) is 16.5. The van der Waals surface area contributed by atoms with E-state index in [1.807, 2.05) is 54.6 Å². The Bertz CT molecular complexity index is 703. The van der Waals surface area contributed by atoms with Crippen molar-refractivity contribution in [1.29, 1.82) is 0 Å². The summed E-state index contributed by atoms with van der Waals surface area (Å²) in [5, 5.41) is 2.46. The smallest absolute Gasteiger partial charge is 0.254 e. The van der Waals surface area contributed by atoms with Crippen LogP contribution in [0.5, 0.6) is 5.75 Å². The third kappa shape index (κ3) is 4.81. The molecule has 0 spiro atoms. The number of nitrogens with one attached hydrogen (secondary N) is 1. The molecular weight excluding hydrogens is 290 g/mol. The van der Waals surface area contributed by atoms with Crippen LogP contribution < -0.4 is 10.1 Å². The maximum absolute atomic E-state index is 11.7. The summed E-state index contributed by atoms with van der Waals surface area (Å²) >= 11 is 0. The number of hydrogen-bond acceptors (Lipinski definition) is 3. The lowest BCUT2D eigenvalue weighted by Gasteiger charge is -2.07. The van der Waals surface area contributed by atoms with Crippen molar-refractivity contribution < 1.29 is 14.3 Å². The fraction of sp³-hybridized carbons (Fsp3) is 0.158. The van der Waals surface area contributed by atoms with Gasteiger partial charge in [0, 0.05) is 7.05 Å². The molecule has 0 aliphatic rings. The summed E-state index contributed by atoms with van der Waals surface area (Å²) in [6.07, 6.45) is 1.57. The van der Waals surface area contributed by atoms with Crippen LogP contribution in [-0.2, 0) is 16.2 Å². The molecule has 0 bridgehead atoms. The molecule has 2 aromatic carbocycles. The van der Waals surface area contributed by atoms with E-state index in [9.17, 15) is 9.59 Å². The van der Waals surface area contributed by atoms with Crippen LogP contribution in [0.1, 0.15) is 18.1 Å². The third-order valence-corrected chi connectivity index (χ3v) is 3.29. The molecular formula is C19H19NO3. The minimum absolute atomic E-state index is 0.130. The highest BCUT2D eigenvalue weighted by molar-refractivity contribution is 6.21. The van der Waals surface area contributed by atoms with Crippen LogP contribution in [0.3, 0.4) is 0 Å². The Morgan fingerprint density at radius 2 is 1.70 bits per heavy atom. The minimum atomic E-state index is -0.387. The Labute approximate surface area is 135 Å². The summed E-state index contributed by atoms with van der Waals surface area (Å²) in [5.41, 5.74) is 1.99. The molecule has 2 rings (SSSR count). The fourth-order valence-electron chi connectivity index (χ4n) is 2.03. The average Bonchev–Trinajstić information content (AvgIpc) is 2.59. The summed E-state index contributed by atoms with van der Waals surface area (Å²) in [6, 6.07) is 17.2. The Kier molecular flexibility index (Phi) is 5.69. The van der Waals surface area contributed by atoms with Gasteiger partial charge >= 0.3 is 0 Å². The predicted molar refractivity (Wildman–Crippen MR) is 89.9 cm³/mol. The highest BCUT2D eigenvalue weighted by Gasteiger charge is 2.12. The van der Waals surface area contributed by atoms with Gasteiger partial charge < -0.3 is 10.1 Å². The van der Waals surface area contributed by atoms with E-state index in [1.54, 1.807) is 6.08 Å². The molecule has 4 nitrogen and oxygen atoms in total. The first-order chi connectivity index (χ1) is 11.1. The van der Waals surface area contributed by atoms with Crippen molar-refractivity contribution >= 4 is 17.8 Å². The lowest BCUT2D eigenvalue weighted by atomic mass is 10.1. The zero-order valence-electron chi connectivity index (χ0n) is 13.2. The number of carbonyl (C=O) groups excluding carboxylic acids is 2. The maximum Gasteiger partial charge on any atom is 0.254 e. The number of amides is 1. The molecule has 118 valence electrons. The Balaban J connectivity index is 2.06. The standard InChI is InChI=1S/C19H19NO3/c1-14(21)18(19(22)20-2)12-15-8-10-17(11-9-15)23-13-16-6-4-3-5-7-16/h3-12H,13H2,1-2H3,(H,20,22). The molecule has 0 aromatic heterocycles. The van der Waals surface area contributed by atoms with Gasteiger partial charge in [0.1, 0.15) is 12.4 Å². The number of benzene rings is 2. The molecule has 23 heavy (non-hydrogen) atoms. The van der Waals surface area contributed by atoms with E-state index in [2.05, 4.69) is 5.32 Å². The first-order valence-corrected chi connectivity index (χ1v) is 7.31. The quantitative estimate of drug-likeness (QED) is 0.507. The van der Waals surface area contributed by atoms with Gasteiger partial charge in [-0.15, -0.1) is 0 Å². The lowest BCUT2D eigenvalue weighted by Crippen LogP contribution is -2.23. The van der Waals surface area contributed by atoms with Gasteiger partial charge in [-0.2, -0.15) is 0 Å². The zero-order valence-corrected chi connectivity index (χ0v) is 13.2. The van der Waals surface area contributed by atoms with E-state index < -0.39 is 0 Å². The summed E-state index contributed by atoms with van der Waals surface area (Å²) in [5.74, 6) is 0.0750. The van der Waals surface area contributed by atoms with Crippen molar-refractivity contribution in [2.75, 3.05) is 7.05 Å². The molecule has 0 saturated heterocycles. The third-order valence-electron chi connectivity index (χ3n) is 3.29. The van der Waals surface area contributed by atoms with Crippen LogP contribution >= 0.6 is 0 Å². The van der Waals surface area contributed by atoms with Crippen molar-refractivity contribution in [3.63, 3.8) is 0 Å². The largest absolute Gasteiger partial charge is 0.489 e. The number of Topliss-reactive ketones (excluding diaryl/α,β-unsaturated/α-hetero) is 1. The molecule has 0 saturated carbocycles. The van der Waals surface area contributed by atoms with E-state index in [0.29, 0.717) is 6.61 Å². The van der Waals surface area contributed by atoms with E-state index in [0.717, 1.165) is 16.9 Å². The normalized spacial score (nSPS) is 11.0. The van der Waals surface area contributed by atoms with Gasteiger partial charge in [0.05, 0.1) is 5.57 Å². The second-order valence-electron chi connectivity index (χ2n) is 5.04. The highest BCUT2D eigenvalue weighted by atomic mass is 16.5. The fourth-order valence-corrected chi connectivity index (χ4v) is 2.03. The van der Waals surface area contributed by atoms with E-state index in [4.69, 9.17) is 4.74 Å². The highest BCUT2D eigenvalue weighted by Crippen LogP contribution is 2.16. The van der Waals surface area contributed by atoms with E-state index >= 15 is 0 Å². The molecule has 0 heterocycles. The molecule has 0 aliphatic heterocycles. The number of hydrogen-bond donors (Lipinski definition) is 1. The van der Waals surface area contributed by atoms with Crippen LogP contribution in [0.25, 0.3) is 6.08 Å². The molecule has 1 N–H and O–H groups in total. The van der Waals surface area contributed by atoms with Gasteiger partial charge in [0.25, 0.3) is 5.91 Å². The molecule has 0 radical (unpaired) electrons. The Morgan fingerprint density at radius 1 is 1.04 bits per heavy atom. The van der Waals surface area contributed by atoms with Gasteiger partial charge in [-0.1, -0.05) is 42.5 Å². The topological polar surface area (TPSA) is 55.4 Å². The van der Waals surface area contributed by atoms with Crippen LogP contribution in [0, 0.1) is 0 Å². The minimum Gasteiger partial charge on any atom is -0.489 e. The zero-order chi connectivity index (χ0) is 16.7. The Hall–Kier alpha value is -2.88. The van der Waals surface area contributed by atoms with Crippen LogP contribution in [0.15, 0.2) is 60.2 Å². The molecule has 0 unspecified atom stereocenters. The molecule has 4 heteroatoms. The summed E-state index contributed by atoms with van der Waals surface area (Å²) in [4.78, 5) is 23.2. The van der Waals surface area contributed by atoms with Crippen molar-refractivity contribution in [2.45, 2.75) is 13.5 Å². The molecule has 2 aromatic rings. The summed E-state index contributed by atoms with van der Waals surface area (Å²) in [7, 11) is 1.50. The second-order valence-corrected chi connectivity index (χ2v) is 5.04. The van der Waals surface area contributed by atoms with Crippen molar-refractivity contribution in [1.82, 2.24) is 5.32 Å². The number of carbonyl (C=O) groups is 2. The van der Waals surface area contributed by atoms with Crippen LogP contribution in [0.2, 0.25) is 0 Å². The van der Waals surface area contributed by atoms with Crippen LogP contribution in [0.4, 0.5) is 0 Å². The Morgan fingerprint density at radius 3 is 2.26 bits per heavy atom. The maximum atomic E-state index is 11.7. The number of likely N-dealkylation sites (N-methyl/N-ethyl adjacent to an activating group) is 1. The second kappa shape index (κ2) is 7.94. The van der Waals surface area contributed by atoms with Gasteiger partial charge in [-0.3, -0.25) is 9.59 Å². The van der Waals surface area contributed by atoms with Crippen molar-refractivity contribution in [3.8, 4) is 5.75 Å². The molecule has 0 aliphatic carbocycles. The molecule has 0 fully saturated rings. The number of ketones is 1. The SMILES string of the molecule is CNC(=O)C(=Cc1ccc(OCc2ccccc2)cc1)C(C)=O. The molecule has 0 atom stereocenters. The summed E-state index contributed by atoms with van der Waals surface area (Å²) < 4.78 is 5.70. The van der Waals surface area contributed by atoms with Crippen molar-refractivity contribution in [3.05, 3.63) is 71.3 Å². The first-order valence-electron chi connectivity index (χ1n) is 7.31.